The van der Waals surface area contributed by atoms with Gasteiger partial charge in [0.05, 0.1) is 6.54 Å². The van der Waals surface area contributed by atoms with Crippen LogP contribution < -0.4 is 11.1 Å². The summed E-state index contributed by atoms with van der Waals surface area (Å²) in [5.41, 5.74) is 5.28. The molecule has 64 valence electrons. The molecular formula is C8H11N3O. The van der Waals surface area contributed by atoms with Crippen molar-refractivity contribution in [1.29, 1.82) is 5.26 Å². The molecule has 0 aliphatic carbocycles. The summed E-state index contributed by atoms with van der Waals surface area (Å²) < 4.78 is 5.11. The maximum atomic E-state index is 8.44. The topological polar surface area (TPSA) is 75.0 Å². The van der Waals surface area contributed by atoms with E-state index >= 15 is 0 Å². The van der Waals surface area contributed by atoms with Crippen LogP contribution in [0.1, 0.15) is 11.5 Å². The second-order valence-electron chi connectivity index (χ2n) is 2.34. The zero-order valence-electron chi connectivity index (χ0n) is 6.71. The molecule has 4 heteroatoms. The van der Waals surface area contributed by atoms with Crippen LogP contribution in [0.4, 0.5) is 0 Å². The Bertz CT molecular complexity index is 274. The van der Waals surface area contributed by atoms with Gasteiger partial charge in [-0.1, -0.05) is 0 Å². The minimum absolute atomic E-state index is 0.347. The predicted molar refractivity (Wildman–Crippen MR) is 44.2 cm³/mol. The van der Waals surface area contributed by atoms with E-state index in [1.54, 1.807) is 12.1 Å². The molecule has 0 aliphatic heterocycles. The number of furan rings is 1. The fraction of sp³-hybridized carbons (Fsp3) is 0.375. The lowest BCUT2D eigenvalue weighted by Gasteiger charge is -1.97. The molecule has 4 nitrogen and oxygen atoms in total. The lowest BCUT2D eigenvalue weighted by Crippen LogP contribution is -2.21. The highest BCUT2D eigenvalue weighted by Gasteiger charge is 1.98. The average molecular weight is 165 g/mol. The Kier molecular flexibility index (Phi) is 3.33. The smallest absolute Gasteiger partial charge is 0.203 e. The van der Waals surface area contributed by atoms with Crippen LogP contribution in [0.25, 0.3) is 0 Å². The van der Waals surface area contributed by atoms with Crippen molar-refractivity contribution in [2.45, 2.75) is 6.54 Å². The summed E-state index contributed by atoms with van der Waals surface area (Å²) in [6.45, 7) is 1.98. The first-order valence-electron chi connectivity index (χ1n) is 3.76. The van der Waals surface area contributed by atoms with Gasteiger partial charge < -0.3 is 15.5 Å². The van der Waals surface area contributed by atoms with Gasteiger partial charge in [0.15, 0.2) is 0 Å². The summed E-state index contributed by atoms with van der Waals surface area (Å²) in [4.78, 5) is 0. The normalized spacial score (nSPS) is 9.67. The standard InChI is InChI=1S/C8H11N3O/c9-3-4-11-6-8-2-1-7(5-10)12-8/h1-2,11H,3-4,6,9H2. The molecule has 0 saturated heterocycles. The first-order chi connectivity index (χ1) is 5.86. The summed E-state index contributed by atoms with van der Waals surface area (Å²) in [6, 6.07) is 5.35. The lowest BCUT2D eigenvalue weighted by atomic mass is 10.4. The van der Waals surface area contributed by atoms with Crippen LogP contribution in [0, 0.1) is 11.3 Å². The van der Waals surface area contributed by atoms with Crippen molar-refractivity contribution in [2.24, 2.45) is 5.73 Å². The minimum atomic E-state index is 0.347. The molecular weight excluding hydrogens is 154 g/mol. The van der Waals surface area contributed by atoms with Crippen LogP contribution in [-0.2, 0) is 6.54 Å². The Morgan fingerprint density at radius 3 is 3.00 bits per heavy atom. The maximum Gasteiger partial charge on any atom is 0.203 e. The third kappa shape index (κ3) is 2.38. The number of hydrogen-bond donors (Lipinski definition) is 2. The molecule has 1 aromatic rings. The Morgan fingerprint density at radius 2 is 2.42 bits per heavy atom. The third-order valence-corrected chi connectivity index (χ3v) is 1.39. The molecule has 0 aromatic carbocycles. The van der Waals surface area contributed by atoms with Crippen molar-refractivity contribution >= 4 is 0 Å². The number of nitrogens with zero attached hydrogens (tertiary/aromatic N) is 1. The number of nitrogens with one attached hydrogen (secondary N) is 1. The van der Waals surface area contributed by atoms with E-state index in [4.69, 9.17) is 15.4 Å². The van der Waals surface area contributed by atoms with E-state index in [1.807, 2.05) is 6.07 Å². The zero-order chi connectivity index (χ0) is 8.81. The van der Waals surface area contributed by atoms with Crippen LogP contribution >= 0.6 is 0 Å². The molecule has 1 aromatic heterocycles. The van der Waals surface area contributed by atoms with Gasteiger partial charge in [-0.3, -0.25) is 0 Å². The summed E-state index contributed by atoms with van der Waals surface area (Å²) in [5, 5.41) is 11.5. The van der Waals surface area contributed by atoms with E-state index in [1.165, 1.54) is 0 Å². The predicted octanol–water partition coefficient (Wildman–Crippen LogP) is 0.200. The van der Waals surface area contributed by atoms with Crippen LogP contribution in [0.3, 0.4) is 0 Å². The third-order valence-electron chi connectivity index (χ3n) is 1.39. The molecule has 0 aliphatic rings. The van der Waals surface area contributed by atoms with Gasteiger partial charge in [-0.05, 0) is 12.1 Å². The van der Waals surface area contributed by atoms with E-state index in [0.717, 1.165) is 12.3 Å². The Hall–Kier alpha value is -1.31. The number of hydrogen-bond acceptors (Lipinski definition) is 4. The summed E-state index contributed by atoms with van der Waals surface area (Å²) in [6.07, 6.45) is 0. The van der Waals surface area contributed by atoms with Crippen LogP contribution in [0.2, 0.25) is 0 Å². The molecule has 0 fully saturated rings. The molecule has 0 unspecified atom stereocenters. The van der Waals surface area contributed by atoms with Gasteiger partial charge in [-0.25, -0.2) is 0 Å². The minimum Gasteiger partial charge on any atom is -0.449 e. The first kappa shape index (κ1) is 8.78. The first-order valence-corrected chi connectivity index (χ1v) is 3.76. The molecule has 0 amide bonds. The second kappa shape index (κ2) is 4.54. The molecule has 0 radical (unpaired) electrons. The highest BCUT2D eigenvalue weighted by molar-refractivity contribution is 5.18. The van der Waals surface area contributed by atoms with Crippen LogP contribution in [0.5, 0.6) is 0 Å². The van der Waals surface area contributed by atoms with Crippen molar-refractivity contribution in [2.75, 3.05) is 13.1 Å². The van der Waals surface area contributed by atoms with Gasteiger partial charge in [0.2, 0.25) is 5.76 Å². The summed E-state index contributed by atoms with van der Waals surface area (Å²) in [5.74, 6) is 1.11. The molecule has 0 bridgehead atoms. The van der Waals surface area contributed by atoms with Gasteiger partial charge in [-0.15, -0.1) is 0 Å². The maximum absolute atomic E-state index is 8.44. The van der Waals surface area contributed by atoms with Gasteiger partial charge >= 0.3 is 0 Å². The number of nitrogens with two attached hydrogens (primary N) is 1. The molecule has 1 heterocycles. The van der Waals surface area contributed by atoms with Crippen molar-refractivity contribution in [3.05, 3.63) is 23.7 Å². The van der Waals surface area contributed by atoms with Gasteiger partial charge in [-0.2, -0.15) is 5.26 Å². The van der Waals surface area contributed by atoms with Crippen molar-refractivity contribution in [3.63, 3.8) is 0 Å². The zero-order valence-corrected chi connectivity index (χ0v) is 6.71. The summed E-state index contributed by atoms with van der Waals surface area (Å²) >= 11 is 0. The number of nitriles is 1. The molecule has 1 rings (SSSR count). The summed E-state index contributed by atoms with van der Waals surface area (Å²) in [7, 11) is 0. The second-order valence-corrected chi connectivity index (χ2v) is 2.34. The van der Waals surface area contributed by atoms with Crippen molar-refractivity contribution < 1.29 is 4.42 Å². The largest absolute Gasteiger partial charge is 0.449 e. The monoisotopic (exact) mass is 165 g/mol. The molecule has 3 N–H and O–H groups in total. The molecule has 0 spiro atoms. The van der Waals surface area contributed by atoms with E-state index in [9.17, 15) is 0 Å². The Labute approximate surface area is 71.0 Å². The van der Waals surface area contributed by atoms with Gasteiger partial charge in [0.1, 0.15) is 11.8 Å². The number of rotatable bonds is 4. The molecule has 0 saturated carbocycles. The fourth-order valence-corrected chi connectivity index (χ4v) is 0.847. The SMILES string of the molecule is N#Cc1ccc(CNCCN)o1. The highest BCUT2D eigenvalue weighted by atomic mass is 16.3. The van der Waals surface area contributed by atoms with Crippen LogP contribution in [-0.4, -0.2) is 13.1 Å². The average Bonchev–Trinajstić information content (AvgIpc) is 2.53. The van der Waals surface area contributed by atoms with E-state index < -0.39 is 0 Å². The quantitative estimate of drug-likeness (QED) is 0.625. The van der Waals surface area contributed by atoms with Gasteiger partial charge in [0, 0.05) is 13.1 Å². The van der Waals surface area contributed by atoms with E-state index in [2.05, 4.69) is 5.32 Å². The van der Waals surface area contributed by atoms with Crippen molar-refractivity contribution in [3.8, 4) is 6.07 Å². The fourth-order valence-electron chi connectivity index (χ4n) is 0.847. The lowest BCUT2D eigenvalue weighted by molar-refractivity contribution is 0.476. The molecule has 0 atom stereocenters. The highest BCUT2D eigenvalue weighted by Crippen LogP contribution is 2.05. The Morgan fingerprint density at radius 1 is 1.58 bits per heavy atom. The molecule has 12 heavy (non-hydrogen) atoms. The van der Waals surface area contributed by atoms with Crippen molar-refractivity contribution in [1.82, 2.24) is 5.32 Å². The van der Waals surface area contributed by atoms with Crippen LogP contribution in [0.15, 0.2) is 16.5 Å². The van der Waals surface area contributed by atoms with E-state index in [-0.39, 0.29) is 0 Å². The van der Waals surface area contributed by atoms with Gasteiger partial charge in [0.25, 0.3) is 0 Å². The Balaban J connectivity index is 2.38. The van der Waals surface area contributed by atoms with E-state index in [0.29, 0.717) is 18.8 Å².